The predicted molar refractivity (Wildman–Crippen MR) is 72.8 cm³/mol. The van der Waals surface area contributed by atoms with E-state index in [1.54, 1.807) is 6.42 Å². The molecule has 0 aliphatic heterocycles. The van der Waals surface area contributed by atoms with Crippen molar-refractivity contribution in [3.63, 3.8) is 0 Å². The zero-order chi connectivity index (χ0) is 12.0. The van der Waals surface area contributed by atoms with Gasteiger partial charge in [0.15, 0.2) is 0 Å². The van der Waals surface area contributed by atoms with Gasteiger partial charge in [0, 0.05) is 6.04 Å². The van der Waals surface area contributed by atoms with Crippen LogP contribution in [0.15, 0.2) is 0 Å². The molecule has 0 aromatic rings. The Bertz CT molecular complexity index is 265. The Morgan fingerprint density at radius 3 is 2.12 bits per heavy atom. The normalized spacial score (nSPS) is 51.0. The monoisotopic (exact) mass is 235 g/mol. The molecule has 0 spiro atoms. The highest BCUT2D eigenvalue weighted by molar-refractivity contribution is 5.01. The first-order valence-corrected chi connectivity index (χ1v) is 7.86. The number of hydrogen-bond acceptors (Lipinski definition) is 1. The van der Waals surface area contributed by atoms with E-state index in [2.05, 4.69) is 26.2 Å². The second-order valence-corrected chi connectivity index (χ2v) is 7.33. The zero-order valence-corrected chi connectivity index (χ0v) is 11.8. The van der Waals surface area contributed by atoms with Gasteiger partial charge in [-0.3, -0.25) is 0 Å². The predicted octanol–water partition coefficient (Wildman–Crippen LogP) is 3.69. The van der Waals surface area contributed by atoms with Crippen LogP contribution in [0.2, 0.25) is 0 Å². The van der Waals surface area contributed by atoms with E-state index in [0.717, 1.165) is 41.5 Å². The molecule has 6 atom stereocenters. The second kappa shape index (κ2) is 4.57. The van der Waals surface area contributed by atoms with Crippen molar-refractivity contribution in [1.82, 2.24) is 5.32 Å². The van der Waals surface area contributed by atoms with E-state index in [4.69, 9.17) is 0 Å². The molecular formula is C16H29N. The van der Waals surface area contributed by atoms with E-state index >= 15 is 0 Å². The Labute approximate surface area is 107 Å². The molecule has 3 saturated carbocycles. The molecule has 0 aromatic carbocycles. The SMILES string of the molecule is CNC(C1CCC(C)C(C)C1)C1CC2CC2C1. The van der Waals surface area contributed by atoms with Gasteiger partial charge < -0.3 is 5.32 Å². The van der Waals surface area contributed by atoms with Gasteiger partial charge in [-0.25, -0.2) is 0 Å². The summed E-state index contributed by atoms with van der Waals surface area (Å²) in [5.41, 5.74) is 0. The van der Waals surface area contributed by atoms with Crippen molar-refractivity contribution in [2.24, 2.45) is 35.5 Å². The lowest BCUT2D eigenvalue weighted by molar-refractivity contribution is 0.142. The minimum Gasteiger partial charge on any atom is -0.316 e. The molecule has 3 rings (SSSR count). The van der Waals surface area contributed by atoms with Crippen molar-refractivity contribution in [3.05, 3.63) is 0 Å². The van der Waals surface area contributed by atoms with E-state index in [0.29, 0.717) is 0 Å². The minimum absolute atomic E-state index is 0.831. The van der Waals surface area contributed by atoms with Crippen LogP contribution in [0.5, 0.6) is 0 Å². The highest BCUT2D eigenvalue weighted by Gasteiger charge is 2.49. The van der Waals surface area contributed by atoms with Crippen LogP contribution in [-0.4, -0.2) is 13.1 Å². The van der Waals surface area contributed by atoms with E-state index in [9.17, 15) is 0 Å². The Morgan fingerprint density at radius 2 is 1.53 bits per heavy atom. The Hall–Kier alpha value is -0.0400. The quantitative estimate of drug-likeness (QED) is 0.786. The van der Waals surface area contributed by atoms with Crippen molar-refractivity contribution < 1.29 is 0 Å². The van der Waals surface area contributed by atoms with Gasteiger partial charge in [-0.2, -0.15) is 0 Å². The fraction of sp³-hybridized carbons (Fsp3) is 1.00. The van der Waals surface area contributed by atoms with Gasteiger partial charge in [-0.05, 0) is 74.7 Å². The van der Waals surface area contributed by atoms with Crippen LogP contribution in [0.25, 0.3) is 0 Å². The van der Waals surface area contributed by atoms with Crippen LogP contribution in [0.4, 0.5) is 0 Å². The molecule has 6 unspecified atom stereocenters. The first-order chi connectivity index (χ1) is 8.19. The Morgan fingerprint density at radius 1 is 0.824 bits per heavy atom. The smallest absolute Gasteiger partial charge is 0.0121 e. The molecule has 0 radical (unpaired) electrons. The summed E-state index contributed by atoms with van der Waals surface area (Å²) in [4.78, 5) is 0. The molecular weight excluding hydrogens is 206 g/mol. The summed E-state index contributed by atoms with van der Waals surface area (Å²) in [5, 5.41) is 3.69. The number of rotatable bonds is 3. The van der Waals surface area contributed by atoms with Crippen LogP contribution in [0.1, 0.15) is 52.4 Å². The number of nitrogens with one attached hydrogen (secondary N) is 1. The van der Waals surface area contributed by atoms with E-state index in [1.165, 1.54) is 32.1 Å². The highest BCUT2D eigenvalue weighted by Crippen LogP contribution is 2.56. The fourth-order valence-electron chi connectivity index (χ4n) is 4.83. The van der Waals surface area contributed by atoms with Gasteiger partial charge in [0.1, 0.15) is 0 Å². The summed E-state index contributed by atoms with van der Waals surface area (Å²) in [6, 6.07) is 0.831. The fourth-order valence-corrected chi connectivity index (χ4v) is 4.83. The molecule has 3 aliphatic carbocycles. The highest BCUT2D eigenvalue weighted by atomic mass is 14.9. The van der Waals surface area contributed by atoms with Gasteiger partial charge in [0.25, 0.3) is 0 Å². The van der Waals surface area contributed by atoms with Gasteiger partial charge in [0.2, 0.25) is 0 Å². The van der Waals surface area contributed by atoms with Crippen molar-refractivity contribution in [3.8, 4) is 0 Å². The van der Waals surface area contributed by atoms with Crippen LogP contribution in [-0.2, 0) is 0 Å². The third-order valence-electron chi connectivity index (χ3n) is 6.27. The molecule has 3 fully saturated rings. The van der Waals surface area contributed by atoms with E-state index in [1.807, 2.05) is 0 Å². The summed E-state index contributed by atoms with van der Waals surface area (Å²) in [7, 11) is 2.21. The number of fused-ring (bicyclic) bond motifs is 1. The Balaban J connectivity index is 1.60. The van der Waals surface area contributed by atoms with Gasteiger partial charge in [-0.1, -0.05) is 20.3 Å². The molecule has 0 bridgehead atoms. The largest absolute Gasteiger partial charge is 0.316 e. The van der Waals surface area contributed by atoms with Crippen molar-refractivity contribution in [2.45, 2.75) is 58.4 Å². The molecule has 17 heavy (non-hydrogen) atoms. The van der Waals surface area contributed by atoms with Crippen LogP contribution >= 0.6 is 0 Å². The lowest BCUT2D eigenvalue weighted by Crippen LogP contribution is -2.42. The summed E-state index contributed by atoms with van der Waals surface area (Å²) < 4.78 is 0. The first kappa shape index (κ1) is 12.0. The summed E-state index contributed by atoms with van der Waals surface area (Å²) in [6.45, 7) is 4.91. The molecule has 3 aliphatic rings. The van der Waals surface area contributed by atoms with Gasteiger partial charge >= 0.3 is 0 Å². The van der Waals surface area contributed by atoms with Crippen molar-refractivity contribution in [1.29, 1.82) is 0 Å². The first-order valence-electron chi connectivity index (χ1n) is 7.86. The summed E-state index contributed by atoms with van der Waals surface area (Å²) >= 11 is 0. The average molecular weight is 235 g/mol. The van der Waals surface area contributed by atoms with Crippen LogP contribution in [0, 0.1) is 35.5 Å². The summed E-state index contributed by atoms with van der Waals surface area (Å²) in [5.74, 6) is 6.15. The topological polar surface area (TPSA) is 12.0 Å². The van der Waals surface area contributed by atoms with E-state index < -0.39 is 0 Å². The van der Waals surface area contributed by atoms with E-state index in [-0.39, 0.29) is 0 Å². The third-order valence-corrected chi connectivity index (χ3v) is 6.27. The molecule has 1 heteroatoms. The van der Waals surface area contributed by atoms with Crippen molar-refractivity contribution >= 4 is 0 Å². The minimum atomic E-state index is 0.831. The molecule has 0 heterocycles. The third kappa shape index (κ3) is 2.28. The average Bonchev–Trinajstić information content (AvgIpc) is 2.92. The number of hydrogen-bond donors (Lipinski definition) is 1. The maximum absolute atomic E-state index is 3.69. The summed E-state index contributed by atoms with van der Waals surface area (Å²) in [6.07, 6.45) is 9.04. The molecule has 0 saturated heterocycles. The standard InChI is InChI=1S/C16H29N/c1-10-4-5-12(6-11(10)2)16(17-3)15-8-13-7-14(13)9-15/h10-17H,4-9H2,1-3H3. The molecule has 98 valence electrons. The second-order valence-electron chi connectivity index (χ2n) is 7.33. The lowest BCUT2D eigenvalue weighted by atomic mass is 9.70. The molecule has 1 N–H and O–H groups in total. The molecule has 0 amide bonds. The van der Waals surface area contributed by atoms with Gasteiger partial charge in [0.05, 0.1) is 0 Å². The lowest BCUT2D eigenvalue weighted by Gasteiger charge is -2.39. The maximum atomic E-state index is 3.69. The molecule has 0 aromatic heterocycles. The maximum Gasteiger partial charge on any atom is 0.0121 e. The van der Waals surface area contributed by atoms with Crippen LogP contribution in [0.3, 0.4) is 0 Å². The zero-order valence-electron chi connectivity index (χ0n) is 11.8. The molecule has 1 nitrogen and oxygen atoms in total. The van der Waals surface area contributed by atoms with Crippen molar-refractivity contribution in [2.75, 3.05) is 7.05 Å². The van der Waals surface area contributed by atoms with Crippen LogP contribution < -0.4 is 5.32 Å². The van der Waals surface area contributed by atoms with Gasteiger partial charge in [-0.15, -0.1) is 0 Å². The Kier molecular flexibility index (Phi) is 3.23.